The van der Waals surface area contributed by atoms with Crippen LogP contribution in [-0.2, 0) is 19.1 Å². The van der Waals surface area contributed by atoms with Gasteiger partial charge in [-0.3, -0.25) is 14.1 Å². The van der Waals surface area contributed by atoms with E-state index in [9.17, 15) is 14.7 Å². The number of likely N-dealkylation sites (N-methyl/N-ethyl adjacent to an activating group) is 1. The van der Waals surface area contributed by atoms with Gasteiger partial charge < -0.3 is 31.6 Å². The van der Waals surface area contributed by atoms with Crippen molar-refractivity contribution in [1.29, 1.82) is 0 Å². The highest BCUT2D eigenvalue weighted by Gasteiger charge is 2.40. The lowest BCUT2D eigenvalue weighted by atomic mass is 10.0. The van der Waals surface area contributed by atoms with E-state index >= 15 is 0 Å². The molecule has 0 amide bonds. The molecule has 0 rings (SSSR count). The fourth-order valence-electron chi connectivity index (χ4n) is 6.03. The number of carbonyl (C=O) groups is 2. The molecule has 46 heavy (non-hydrogen) atoms. The van der Waals surface area contributed by atoms with Crippen LogP contribution in [0, 0.1) is 0 Å². The van der Waals surface area contributed by atoms with Crippen LogP contribution in [0.25, 0.3) is 0 Å². The van der Waals surface area contributed by atoms with E-state index in [1.807, 2.05) is 21.0 Å². The number of unbranched alkanes of at least 4 members (excludes halogenated alkanes) is 24. The van der Waals surface area contributed by atoms with Gasteiger partial charge in [0.25, 0.3) is 6.23 Å². The van der Waals surface area contributed by atoms with E-state index in [0.717, 1.165) is 38.5 Å². The lowest BCUT2D eigenvalue weighted by molar-refractivity contribution is -0.937. The van der Waals surface area contributed by atoms with Crippen molar-refractivity contribution in [2.45, 2.75) is 213 Å². The second-order valence-electron chi connectivity index (χ2n) is 14.2. The Kier molecular flexibility index (Phi) is 35.3. The van der Waals surface area contributed by atoms with Crippen molar-refractivity contribution in [3.63, 3.8) is 0 Å². The number of aliphatic hydroxyl groups excluding tert-OH is 1. The third kappa shape index (κ3) is 28.4. The summed E-state index contributed by atoms with van der Waals surface area (Å²) in [7, 11) is 3.90. The van der Waals surface area contributed by atoms with Gasteiger partial charge in [-0.25, -0.2) is 0 Å². The van der Waals surface area contributed by atoms with Gasteiger partial charge in [0.15, 0.2) is 0 Å². The first-order valence-electron chi connectivity index (χ1n) is 19.6. The molecule has 2 atom stereocenters. The van der Waals surface area contributed by atoms with Crippen LogP contribution >= 0.6 is 0 Å². The van der Waals surface area contributed by atoms with Gasteiger partial charge in [0.2, 0.25) is 6.10 Å². The molecule has 2 unspecified atom stereocenters. The Morgan fingerprint density at radius 1 is 0.500 bits per heavy atom. The second-order valence-corrected chi connectivity index (χ2v) is 14.2. The molecular formula is C39H78BrNO5. The minimum atomic E-state index is -0.856. The quantitative estimate of drug-likeness (QED) is 0.0318. The van der Waals surface area contributed by atoms with Crippen molar-refractivity contribution in [1.82, 2.24) is 0 Å². The van der Waals surface area contributed by atoms with Crippen molar-refractivity contribution < 1.29 is 45.6 Å². The van der Waals surface area contributed by atoms with Crippen LogP contribution in [0.1, 0.15) is 201 Å². The summed E-state index contributed by atoms with van der Waals surface area (Å²) < 4.78 is 11.9. The van der Waals surface area contributed by atoms with Gasteiger partial charge in [0, 0.05) is 12.8 Å². The molecule has 0 aliphatic heterocycles. The maximum Gasteiger partial charge on any atom is 0.310 e. The van der Waals surface area contributed by atoms with Crippen molar-refractivity contribution in [3.05, 3.63) is 0 Å². The standard InChI is InChI=1S/C39H78NO5.BrH/c1-6-9-11-13-15-17-19-21-23-25-27-29-31-33-37(42)44-36(35-41)39(40(4,5)8-3)45-38(43)34-32-30-28-26-24-22-20-18-16-14-12-10-7-2;/h36,39,41H,6-35H2,1-5H3;1H/q+1;/p-1. The molecule has 6 nitrogen and oxygen atoms in total. The Morgan fingerprint density at radius 3 is 1.07 bits per heavy atom. The number of halogens is 1. The van der Waals surface area contributed by atoms with Gasteiger partial charge in [0.1, 0.15) is 0 Å². The number of ether oxygens (including phenoxy) is 2. The number of carbonyl (C=O) groups excluding carboxylic acids is 2. The van der Waals surface area contributed by atoms with Crippen LogP contribution in [0.3, 0.4) is 0 Å². The van der Waals surface area contributed by atoms with Gasteiger partial charge in [-0.2, -0.15) is 0 Å². The van der Waals surface area contributed by atoms with E-state index in [-0.39, 0.29) is 35.5 Å². The van der Waals surface area contributed by atoms with Gasteiger partial charge in [-0.1, -0.05) is 168 Å². The highest BCUT2D eigenvalue weighted by Crippen LogP contribution is 2.19. The van der Waals surface area contributed by atoms with Crippen LogP contribution < -0.4 is 17.0 Å². The molecule has 0 spiro atoms. The number of hydrogen-bond acceptors (Lipinski definition) is 5. The molecule has 0 aromatic heterocycles. The molecular weight excluding hydrogens is 642 g/mol. The van der Waals surface area contributed by atoms with E-state index in [1.54, 1.807) is 0 Å². The summed E-state index contributed by atoms with van der Waals surface area (Å²) in [6.07, 6.45) is 31.9. The second kappa shape index (κ2) is 34.2. The van der Waals surface area contributed by atoms with Gasteiger partial charge >= 0.3 is 11.9 Å². The lowest BCUT2D eigenvalue weighted by Crippen LogP contribution is -3.00. The summed E-state index contributed by atoms with van der Waals surface area (Å²) in [5, 5.41) is 10.1. The van der Waals surface area contributed by atoms with Crippen LogP contribution in [-0.4, -0.2) is 61.1 Å². The molecule has 0 saturated heterocycles. The molecule has 0 fully saturated rings. The molecule has 0 saturated carbocycles. The first-order chi connectivity index (χ1) is 21.8. The molecule has 0 aliphatic carbocycles. The predicted molar refractivity (Wildman–Crippen MR) is 190 cm³/mol. The zero-order chi connectivity index (χ0) is 33.4. The van der Waals surface area contributed by atoms with E-state index in [0.29, 0.717) is 23.9 Å². The number of aliphatic hydroxyl groups is 1. The van der Waals surface area contributed by atoms with Gasteiger partial charge in [-0.05, 0) is 19.8 Å². The molecule has 0 heterocycles. The fraction of sp³-hybridized carbons (Fsp3) is 0.949. The molecule has 276 valence electrons. The van der Waals surface area contributed by atoms with E-state index in [2.05, 4.69) is 13.8 Å². The monoisotopic (exact) mass is 720 g/mol. The number of esters is 2. The highest BCUT2D eigenvalue weighted by molar-refractivity contribution is 5.70. The predicted octanol–water partition coefficient (Wildman–Crippen LogP) is 7.82. The summed E-state index contributed by atoms with van der Waals surface area (Å²) in [4.78, 5) is 25.4. The normalized spacial score (nSPS) is 12.8. The van der Waals surface area contributed by atoms with Crippen molar-refractivity contribution in [2.24, 2.45) is 0 Å². The number of hydrogen-bond donors (Lipinski definition) is 1. The average Bonchev–Trinajstić information content (AvgIpc) is 3.03. The summed E-state index contributed by atoms with van der Waals surface area (Å²) in [6.45, 7) is 6.86. The van der Waals surface area contributed by atoms with E-state index in [1.165, 1.54) is 128 Å². The summed E-state index contributed by atoms with van der Waals surface area (Å²) in [5.74, 6) is -0.584. The molecule has 0 aromatic rings. The third-order valence-corrected chi connectivity index (χ3v) is 9.51. The molecule has 0 aromatic carbocycles. The molecule has 0 radical (unpaired) electrons. The number of rotatable bonds is 34. The fourth-order valence-corrected chi connectivity index (χ4v) is 6.03. The highest BCUT2D eigenvalue weighted by atomic mass is 79.9. The average molecular weight is 721 g/mol. The lowest BCUT2D eigenvalue weighted by Gasteiger charge is -2.39. The maximum absolute atomic E-state index is 12.8. The van der Waals surface area contributed by atoms with Crippen molar-refractivity contribution in [2.75, 3.05) is 27.2 Å². The van der Waals surface area contributed by atoms with Gasteiger partial charge in [0.05, 0.1) is 27.2 Å². The Balaban J connectivity index is 0. The van der Waals surface area contributed by atoms with Crippen molar-refractivity contribution >= 4 is 11.9 Å². The molecule has 7 heteroatoms. The molecule has 0 bridgehead atoms. The van der Waals surface area contributed by atoms with E-state index < -0.39 is 12.3 Å². The van der Waals surface area contributed by atoms with Crippen LogP contribution in [0.4, 0.5) is 0 Å². The molecule has 0 aliphatic rings. The Morgan fingerprint density at radius 2 is 0.783 bits per heavy atom. The minimum Gasteiger partial charge on any atom is -1.00 e. The first-order valence-corrected chi connectivity index (χ1v) is 19.6. The van der Waals surface area contributed by atoms with E-state index in [4.69, 9.17) is 9.47 Å². The van der Waals surface area contributed by atoms with Crippen LogP contribution in [0.2, 0.25) is 0 Å². The first kappa shape index (κ1) is 47.5. The van der Waals surface area contributed by atoms with Crippen molar-refractivity contribution in [3.8, 4) is 0 Å². The third-order valence-electron chi connectivity index (χ3n) is 9.51. The Hall–Kier alpha value is -0.660. The smallest absolute Gasteiger partial charge is 0.310 e. The zero-order valence-corrected chi connectivity index (χ0v) is 32.9. The largest absolute Gasteiger partial charge is 1.00 e. The number of quaternary nitrogens is 1. The summed E-state index contributed by atoms with van der Waals surface area (Å²) in [5.41, 5.74) is 0. The summed E-state index contributed by atoms with van der Waals surface area (Å²) in [6, 6.07) is 0. The van der Waals surface area contributed by atoms with Crippen LogP contribution in [0.15, 0.2) is 0 Å². The summed E-state index contributed by atoms with van der Waals surface area (Å²) >= 11 is 0. The topological polar surface area (TPSA) is 72.8 Å². The SMILES string of the molecule is CCCCCCCCCCCCCCCC(=O)OC(CO)C(OC(=O)CCCCCCCCCCCCCCC)[N+](C)(C)CC.[Br-]. The minimum absolute atomic E-state index is 0. The zero-order valence-electron chi connectivity index (χ0n) is 31.3. The maximum atomic E-state index is 12.8. The molecule has 1 N–H and O–H groups in total. The van der Waals surface area contributed by atoms with Crippen LogP contribution in [0.5, 0.6) is 0 Å². The van der Waals surface area contributed by atoms with Gasteiger partial charge in [-0.15, -0.1) is 0 Å². The number of nitrogens with zero attached hydrogens (tertiary/aromatic N) is 1. The Labute approximate surface area is 296 Å². The Bertz CT molecular complexity index is 675.